The number of phenols is 2. The van der Waals surface area contributed by atoms with E-state index in [2.05, 4.69) is 0 Å². The Morgan fingerprint density at radius 3 is 1.22 bits per heavy atom. The van der Waals surface area contributed by atoms with Gasteiger partial charge in [0.05, 0.1) is 20.1 Å². The lowest BCUT2D eigenvalue weighted by Crippen LogP contribution is -2.21. The largest absolute Gasteiger partial charge is 0.508 e. The molecular formula is C15H14Cl4N2O2. The third kappa shape index (κ3) is 4.15. The van der Waals surface area contributed by atoms with Crippen molar-refractivity contribution in [2.45, 2.75) is 18.5 Å². The molecule has 0 spiro atoms. The molecule has 2 atom stereocenters. The average molecular weight is 396 g/mol. The molecule has 0 radical (unpaired) electrons. The highest BCUT2D eigenvalue weighted by Gasteiger charge is 2.22. The van der Waals surface area contributed by atoms with E-state index in [0.29, 0.717) is 11.1 Å². The maximum Gasteiger partial charge on any atom is 0.118 e. The van der Waals surface area contributed by atoms with Gasteiger partial charge in [-0.05, 0) is 30.7 Å². The van der Waals surface area contributed by atoms with Crippen molar-refractivity contribution in [1.29, 1.82) is 0 Å². The average Bonchev–Trinajstić information content (AvgIpc) is 2.35. The van der Waals surface area contributed by atoms with Crippen molar-refractivity contribution in [2.75, 3.05) is 0 Å². The van der Waals surface area contributed by atoms with Gasteiger partial charge in [-0.1, -0.05) is 46.4 Å². The van der Waals surface area contributed by atoms with Crippen molar-refractivity contribution in [3.05, 3.63) is 55.5 Å². The van der Waals surface area contributed by atoms with Gasteiger partial charge >= 0.3 is 0 Å². The lowest BCUT2D eigenvalue weighted by Gasteiger charge is -2.21. The quantitative estimate of drug-likeness (QED) is 0.598. The molecule has 124 valence electrons. The van der Waals surface area contributed by atoms with Crippen molar-refractivity contribution in [3.63, 3.8) is 0 Å². The summed E-state index contributed by atoms with van der Waals surface area (Å²) < 4.78 is 0. The van der Waals surface area contributed by atoms with Gasteiger partial charge in [0, 0.05) is 23.2 Å². The topological polar surface area (TPSA) is 92.5 Å². The standard InChI is InChI=1S/C15H14Cl4N2O2/c16-8-1-6(22)2-9(17)14(8)12(20)5-13(21)15-10(18)3-7(23)4-11(15)19/h1-4,12-13,22-23H,5,20-21H2/t12-,13-/m0/s1. The number of rotatable bonds is 4. The summed E-state index contributed by atoms with van der Waals surface area (Å²) in [5.74, 6) is -0.102. The fourth-order valence-corrected chi connectivity index (χ4v) is 3.87. The van der Waals surface area contributed by atoms with Crippen molar-refractivity contribution in [2.24, 2.45) is 11.5 Å². The van der Waals surface area contributed by atoms with E-state index < -0.39 is 12.1 Å². The number of phenolic OH excluding ortho intramolecular Hbond substituents is 2. The zero-order valence-electron chi connectivity index (χ0n) is 11.7. The maximum absolute atomic E-state index is 9.47. The van der Waals surface area contributed by atoms with Crippen LogP contribution in [0.25, 0.3) is 0 Å². The fraction of sp³-hybridized carbons (Fsp3) is 0.200. The summed E-state index contributed by atoms with van der Waals surface area (Å²) in [5, 5.41) is 19.9. The van der Waals surface area contributed by atoms with Crippen LogP contribution in [0.2, 0.25) is 20.1 Å². The van der Waals surface area contributed by atoms with E-state index in [1.54, 1.807) is 0 Å². The Morgan fingerprint density at radius 1 is 0.696 bits per heavy atom. The van der Waals surface area contributed by atoms with Crippen LogP contribution in [0.15, 0.2) is 24.3 Å². The van der Waals surface area contributed by atoms with Gasteiger partial charge in [0.1, 0.15) is 11.5 Å². The molecular weight excluding hydrogens is 382 g/mol. The highest BCUT2D eigenvalue weighted by molar-refractivity contribution is 6.37. The Hall–Kier alpha value is -0.880. The molecule has 0 bridgehead atoms. The zero-order valence-corrected chi connectivity index (χ0v) is 14.8. The summed E-state index contributed by atoms with van der Waals surface area (Å²) in [6.45, 7) is 0. The van der Waals surface area contributed by atoms with Crippen LogP contribution in [0.1, 0.15) is 29.6 Å². The van der Waals surface area contributed by atoms with Crippen LogP contribution >= 0.6 is 46.4 Å². The summed E-state index contributed by atoms with van der Waals surface area (Å²) in [4.78, 5) is 0. The maximum atomic E-state index is 9.47. The fourth-order valence-electron chi connectivity index (χ4n) is 2.36. The first-order valence-corrected chi connectivity index (χ1v) is 8.08. The second-order valence-electron chi connectivity index (χ2n) is 5.09. The minimum atomic E-state index is -0.591. The van der Waals surface area contributed by atoms with Crippen LogP contribution in [0, 0.1) is 0 Å². The number of benzene rings is 2. The summed E-state index contributed by atoms with van der Waals surface area (Å²) in [6, 6.07) is 4.24. The molecule has 0 aliphatic carbocycles. The van der Waals surface area contributed by atoms with E-state index in [1.807, 2.05) is 0 Å². The number of hydrogen-bond donors (Lipinski definition) is 4. The molecule has 0 saturated heterocycles. The van der Waals surface area contributed by atoms with Crippen LogP contribution in [-0.4, -0.2) is 10.2 Å². The smallest absolute Gasteiger partial charge is 0.118 e. The minimum absolute atomic E-state index is 0.0510. The van der Waals surface area contributed by atoms with Crippen LogP contribution in [0.4, 0.5) is 0 Å². The van der Waals surface area contributed by atoms with E-state index in [4.69, 9.17) is 57.9 Å². The second kappa shape index (κ2) is 7.34. The molecule has 0 amide bonds. The predicted molar refractivity (Wildman–Crippen MR) is 94.7 cm³/mol. The van der Waals surface area contributed by atoms with Crippen molar-refractivity contribution in [1.82, 2.24) is 0 Å². The molecule has 0 aliphatic heterocycles. The molecule has 8 heteroatoms. The van der Waals surface area contributed by atoms with Gasteiger partial charge in [-0.25, -0.2) is 0 Å². The Bertz CT molecular complexity index is 632. The monoisotopic (exact) mass is 394 g/mol. The molecule has 0 unspecified atom stereocenters. The summed E-state index contributed by atoms with van der Waals surface area (Å²) >= 11 is 24.4. The van der Waals surface area contributed by atoms with E-state index >= 15 is 0 Å². The van der Waals surface area contributed by atoms with Gasteiger partial charge in [0.15, 0.2) is 0 Å². The zero-order chi connectivity index (χ0) is 17.3. The Morgan fingerprint density at radius 2 is 0.957 bits per heavy atom. The molecule has 0 aliphatic rings. The van der Waals surface area contributed by atoms with Crippen LogP contribution in [0.3, 0.4) is 0 Å². The molecule has 4 nitrogen and oxygen atoms in total. The molecule has 0 saturated carbocycles. The number of aromatic hydroxyl groups is 2. The summed E-state index contributed by atoms with van der Waals surface area (Å²) in [6.07, 6.45) is 0.258. The number of hydrogen-bond acceptors (Lipinski definition) is 4. The van der Waals surface area contributed by atoms with Gasteiger partial charge in [-0.3, -0.25) is 0 Å². The van der Waals surface area contributed by atoms with Gasteiger partial charge in [0.2, 0.25) is 0 Å². The highest BCUT2D eigenvalue weighted by atomic mass is 35.5. The van der Waals surface area contributed by atoms with Crippen molar-refractivity contribution in [3.8, 4) is 11.5 Å². The minimum Gasteiger partial charge on any atom is -0.508 e. The van der Waals surface area contributed by atoms with E-state index in [0.717, 1.165) is 0 Å². The van der Waals surface area contributed by atoms with Gasteiger partial charge in [-0.2, -0.15) is 0 Å². The highest BCUT2D eigenvalue weighted by Crippen LogP contribution is 2.39. The molecule has 2 rings (SSSR count). The predicted octanol–water partition coefficient (Wildman–Crippen LogP) is 4.80. The van der Waals surface area contributed by atoms with Crippen molar-refractivity contribution < 1.29 is 10.2 Å². The lowest BCUT2D eigenvalue weighted by molar-refractivity contribution is 0.474. The first-order chi connectivity index (χ1) is 10.7. The van der Waals surface area contributed by atoms with Crippen LogP contribution in [0.5, 0.6) is 11.5 Å². The third-order valence-electron chi connectivity index (χ3n) is 3.38. The SMILES string of the molecule is N[C@@H](C[C@H](N)c1c(Cl)cc(O)cc1Cl)c1c(Cl)cc(O)cc1Cl. The molecule has 0 aromatic heterocycles. The summed E-state index contributed by atoms with van der Waals surface area (Å²) in [7, 11) is 0. The Labute approximate surface area is 153 Å². The Kier molecular flexibility index (Phi) is 5.89. The summed E-state index contributed by atoms with van der Waals surface area (Å²) in [5.41, 5.74) is 13.3. The van der Waals surface area contributed by atoms with Crippen LogP contribution < -0.4 is 11.5 Å². The van der Waals surface area contributed by atoms with Gasteiger partial charge in [-0.15, -0.1) is 0 Å². The third-order valence-corrected chi connectivity index (χ3v) is 4.63. The Balaban J connectivity index is 2.29. The number of nitrogens with two attached hydrogens (primary N) is 2. The second-order valence-corrected chi connectivity index (χ2v) is 6.72. The van der Waals surface area contributed by atoms with Crippen molar-refractivity contribution >= 4 is 46.4 Å². The molecule has 23 heavy (non-hydrogen) atoms. The normalized spacial score (nSPS) is 13.8. The molecule has 0 heterocycles. The van der Waals surface area contributed by atoms with Crippen LogP contribution in [-0.2, 0) is 0 Å². The lowest BCUT2D eigenvalue weighted by atomic mass is 9.95. The first kappa shape index (κ1) is 18.5. The molecule has 6 N–H and O–H groups in total. The molecule has 0 fully saturated rings. The molecule has 2 aromatic carbocycles. The van der Waals surface area contributed by atoms with E-state index in [9.17, 15) is 10.2 Å². The number of halogens is 4. The first-order valence-electron chi connectivity index (χ1n) is 6.57. The van der Waals surface area contributed by atoms with E-state index in [1.165, 1.54) is 24.3 Å². The van der Waals surface area contributed by atoms with Gasteiger partial charge < -0.3 is 21.7 Å². The van der Waals surface area contributed by atoms with Gasteiger partial charge in [0.25, 0.3) is 0 Å². The van der Waals surface area contributed by atoms with E-state index in [-0.39, 0.29) is 38.0 Å². The molecule has 2 aromatic rings.